The third-order valence-electron chi connectivity index (χ3n) is 3.99. The fraction of sp³-hybridized carbons (Fsp3) is 0.625. The molecule has 2 N–H and O–H groups in total. The Morgan fingerprint density at radius 1 is 1.32 bits per heavy atom. The maximum atomic E-state index is 5.77. The Bertz CT molecular complexity index is 364. The van der Waals surface area contributed by atoms with E-state index in [1.807, 2.05) is 24.3 Å². The van der Waals surface area contributed by atoms with Crippen LogP contribution in [0, 0.1) is 0 Å². The van der Waals surface area contributed by atoms with Gasteiger partial charge in [0.1, 0.15) is 5.75 Å². The van der Waals surface area contributed by atoms with E-state index in [-0.39, 0.29) is 0 Å². The lowest BCUT2D eigenvalue weighted by atomic mass is 10.2. The lowest BCUT2D eigenvalue weighted by molar-refractivity contribution is 0.217. The molecule has 106 valence electrons. The Hall–Kier alpha value is -1.06. The van der Waals surface area contributed by atoms with Crippen molar-refractivity contribution in [3.05, 3.63) is 29.8 Å². The van der Waals surface area contributed by atoms with Crippen molar-refractivity contribution < 1.29 is 4.74 Å². The molecule has 1 heterocycles. The lowest BCUT2D eigenvalue weighted by Crippen LogP contribution is -2.30. The molecule has 0 amide bonds. The Labute approximate surface area is 116 Å². The van der Waals surface area contributed by atoms with Crippen molar-refractivity contribution in [2.24, 2.45) is 5.73 Å². The maximum absolute atomic E-state index is 5.77. The predicted octanol–water partition coefficient (Wildman–Crippen LogP) is 2.79. The van der Waals surface area contributed by atoms with Gasteiger partial charge < -0.3 is 15.4 Å². The van der Waals surface area contributed by atoms with Gasteiger partial charge in [0, 0.05) is 19.1 Å². The molecule has 1 atom stereocenters. The quantitative estimate of drug-likeness (QED) is 0.768. The summed E-state index contributed by atoms with van der Waals surface area (Å²) in [5.41, 5.74) is 6.72. The van der Waals surface area contributed by atoms with E-state index in [0.717, 1.165) is 30.4 Å². The average Bonchev–Trinajstić information content (AvgIpc) is 2.91. The first-order chi connectivity index (χ1) is 9.33. The minimum absolute atomic E-state index is 0.591. The van der Waals surface area contributed by atoms with Gasteiger partial charge in [-0.05, 0) is 49.9 Å². The third kappa shape index (κ3) is 4.22. The van der Waals surface area contributed by atoms with Crippen LogP contribution in [-0.2, 0) is 6.54 Å². The summed E-state index contributed by atoms with van der Waals surface area (Å²) in [6.07, 6.45) is 5.12. The van der Waals surface area contributed by atoms with Gasteiger partial charge >= 0.3 is 0 Å². The van der Waals surface area contributed by atoms with E-state index in [9.17, 15) is 0 Å². The molecular formula is C16H26N2O. The molecule has 0 spiro atoms. The minimum atomic E-state index is 0.591. The van der Waals surface area contributed by atoms with Crippen LogP contribution in [0.2, 0.25) is 0 Å². The van der Waals surface area contributed by atoms with Gasteiger partial charge in [0.05, 0.1) is 6.61 Å². The van der Waals surface area contributed by atoms with Crippen molar-refractivity contribution >= 4 is 0 Å². The fourth-order valence-electron chi connectivity index (χ4n) is 2.83. The second kappa shape index (κ2) is 7.51. The van der Waals surface area contributed by atoms with Crippen LogP contribution >= 0.6 is 0 Å². The van der Waals surface area contributed by atoms with Crippen LogP contribution in [0.3, 0.4) is 0 Å². The molecule has 19 heavy (non-hydrogen) atoms. The van der Waals surface area contributed by atoms with Crippen molar-refractivity contribution in [1.82, 2.24) is 4.90 Å². The highest BCUT2D eigenvalue weighted by Gasteiger charge is 2.21. The number of likely N-dealkylation sites (tertiary alicyclic amines) is 1. The molecular weight excluding hydrogens is 236 g/mol. The van der Waals surface area contributed by atoms with Gasteiger partial charge in [0.2, 0.25) is 0 Å². The van der Waals surface area contributed by atoms with Crippen LogP contribution in [0.1, 0.15) is 38.2 Å². The summed E-state index contributed by atoms with van der Waals surface area (Å²) >= 11 is 0. The lowest BCUT2D eigenvalue weighted by Gasteiger charge is -2.23. The number of rotatable bonds is 7. The predicted molar refractivity (Wildman–Crippen MR) is 79.3 cm³/mol. The molecule has 1 aliphatic heterocycles. The molecule has 1 unspecified atom stereocenters. The van der Waals surface area contributed by atoms with Crippen molar-refractivity contribution in [3.8, 4) is 5.75 Å². The highest BCUT2D eigenvalue weighted by Crippen LogP contribution is 2.19. The molecule has 1 aliphatic rings. The van der Waals surface area contributed by atoms with Gasteiger partial charge in [-0.2, -0.15) is 0 Å². The van der Waals surface area contributed by atoms with E-state index < -0.39 is 0 Å². The summed E-state index contributed by atoms with van der Waals surface area (Å²) in [4.78, 5) is 2.61. The van der Waals surface area contributed by atoms with Crippen LogP contribution < -0.4 is 10.5 Å². The minimum Gasteiger partial charge on any atom is -0.494 e. The van der Waals surface area contributed by atoms with Crippen LogP contribution in [0.25, 0.3) is 0 Å². The summed E-state index contributed by atoms with van der Waals surface area (Å²) < 4.78 is 5.77. The van der Waals surface area contributed by atoms with E-state index >= 15 is 0 Å². The summed E-state index contributed by atoms with van der Waals surface area (Å²) in [6, 6.07) is 8.88. The number of hydrogen-bond donors (Lipinski definition) is 1. The van der Waals surface area contributed by atoms with E-state index in [4.69, 9.17) is 10.5 Å². The Balaban J connectivity index is 1.66. The molecule has 1 fully saturated rings. The zero-order valence-electron chi connectivity index (χ0n) is 12.0. The summed E-state index contributed by atoms with van der Waals surface area (Å²) in [7, 11) is 0. The maximum Gasteiger partial charge on any atom is 0.119 e. The van der Waals surface area contributed by atoms with Crippen LogP contribution in [0.5, 0.6) is 5.75 Å². The van der Waals surface area contributed by atoms with Crippen LogP contribution in [0.15, 0.2) is 24.3 Å². The topological polar surface area (TPSA) is 38.5 Å². The number of ether oxygens (including phenoxy) is 1. The van der Waals surface area contributed by atoms with Crippen molar-refractivity contribution in [2.75, 3.05) is 19.7 Å². The summed E-state index contributed by atoms with van der Waals surface area (Å²) in [5, 5.41) is 0. The summed E-state index contributed by atoms with van der Waals surface area (Å²) in [5.74, 6) is 0.950. The van der Waals surface area contributed by atoms with Crippen molar-refractivity contribution in [3.63, 3.8) is 0 Å². The van der Waals surface area contributed by atoms with E-state index in [1.165, 1.54) is 32.4 Å². The highest BCUT2D eigenvalue weighted by atomic mass is 16.5. The standard InChI is InChI=1S/C16H26N2O/c1-2-15-5-3-10-18(15)11-4-12-19-16-8-6-14(13-17)7-9-16/h6-9,15H,2-5,10-13,17H2,1H3. The molecule has 3 nitrogen and oxygen atoms in total. The first-order valence-corrected chi connectivity index (χ1v) is 7.49. The summed E-state index contributed by atoms with van der Waals surface area (Å²) in [6.45, 7) is 6.12. The van der Waals surface area contributed by atoms with E-state index in [0.29, 0.717) is 6.54 Å². The van der Waals surface area contributed by atoms with Gasteiger partial charge in [-0.25, -0.2) is 0 Å². The van der Waals surface area contributed by atoms with E-state index in [1.54, 1.807) is 0 Å². The molecule has 0 bridgehead atoms. The molecule has 3 heteroatoms. The highest BCUT2D eigenvalue weighted by molar-refractivity contribution is 5.26. The molecule has 0 aromatic heterocycles. The SMILES string of the molecule is CCC1CCCN1CCCOc1ccc(CN)cc1. The first-order valence-electron chi connectivity index (χ1n) is 7.49. The fourth-order valence-corrected chi connectivity index (χ4v) is 2.83. The zero-order chi connectivity index (χ0) is 13.5. The number of nitrogens with zero attached hydrogens (tertiary/aromatic N) is 1. The number of nitrogens with two attached hydrogens (primary N) is 1. The Kier molecular flexibility index (Phi) is 5.67. The number of hydrogen-bond acceptors (Lipinski definition) is 3. The Morgan fingerprint density at radius 3 is 2.79 bits per heavy atom. The molecule has 1 aromatic carbocycles. The average molecular weight is 262 g/mol. The van der Waals surface area contributed by atoms with E-state index in [2.05, 4.69) is 11.8 Å². The third-order valence-corrected chi connectivity index (χ3v) is 3.99. The van der Waals surface area contributed by atoms with Crippen LogP contribution in [0.4, 0.5) is 0 Å². The van der Waals surface area contributed by atoms with Gasteiger partial charge in [-0.3, -0.25) is 0 Å². The monoisotopic (exact) mass is 262 g/mol. The molecule has 0 saturated carbocycles. The van der Waals surface area contributed by atoms with Crippen LogP contribution in [-0.4, -0.2) is 30.6 Å². The largest absolute Gasteiger partial charge is 0.494 e. The normalized spacial score (nSPS) is 19.8. The van der Waals surface area contributed by atoms with Crippen molar-refractivity contribution in [2.45, 2.75) is 45.2 Å². The molecule has 2 rings (SSSR count). The molecule has 0 radical (unpaired) electrons. The van der Waals surface area contributed by atoms with Gasteiger partial charge in [-0.1, -0.05) is 19.1 Å². The number of benzene rings is 1. The Morgan fingerprint density at radius 2 is 2.11 bits per heavy atom. The second-order valence-corrected chi connectivity index (χ2v) is 5.29. The van der Waals surface area contributed by atoms with Gasteiger partial charge in [0.25, 0.3) is 0 Å². The van der Waals surface area contributed by atoms with Gasteiger partial charge in [0.15, 0.2) is 0 Å². The van der Waals surface area contributed by atoms with Crippen molar-refractivity contribution in [1.29, 1.82) is 0 Å². The zero-order valence-corrected chi connectivity index (χ0v) is 12.0. The van der Waals surface area contributed by atoms with Gasteiger partial charge in [-0.15, -0.1) is 0 Å². The second-order valence-electron chi connectivity index (χ2n) is 5.29. The smallest absolute Gasteiger partial charge is 0.119 e. The first kappa shape index (κ1) is 14.4. The molecule has 0 aliphatic carbocycles. The molecule has 1 saturated heterocycles. The molecule has 1 aromatic rings.